The van der Waals surface area contributed by atoms with Gasteiger partial charge in [0.15, 0.2) is 11.3 Å². The van der Waals surface area contributed by atoms with E-state index < -0.39 is 92.6 Å². The number of aromatic nitrogens is 2. The monoisotopic (exact) mass is 1680 g/mol. The predicted molar refractivity (Wildman–Crippen MR) is 343 cm³/mol. The number of ether oxygens (including phenoxy) is 7. The minimum atomic E-state index is -4.17. The van der Waals surface area contributed by atoms with E-state index in [2.05, 4.69) is 54.6 Å². The van der Waals surface area contributed by atoms with Crippen molar-refractivity contribution in [1.29, 1.82) is 0 Å². The first-order chi connectivity index (χ1) is 43.8. The van der Waals surface area contributed by atoms with E-state index in [9.17, 15) is 42.0 Å². The van der Waals surface area contributed by atoms with Crippen LogP contribution in [-0.4, -0.2) is 158 Å². The molecule has 2 aliphatic carbocycles. The summed E-state index contributed by atoms with van der Waals surface area (Å²) in [5, 5.41) is 16.1. The molecule has 4 fully saturated rings. The number of rotatable bonds is 18. The van der Waals surface area contributed by atoms with Gasteiger partial charge in [-0.25, -0.2) is 24.2 Å². The predicted octanol–water partition coefficient (Wildman–Crippen LogP) is 2.18. The van der Waals surface area contributed by atoms with E-state index in [1.54, 1.807) is 102 Å². The summed E-state index contributed by atoms with van der Waals surface area (Å²) in [6, 6.07) is 17.5. The van der Waals surface area contributed by atoms with Gasteiger partial charge in [-0.05, 0) is 117 Å². The number of amides is 4. The van der Waals surface area contributed by atoms with Crippen LogP contribution in [0.25, 0.3) is 21.8 Å². The van der Waals surface area contributed by atoms with Crippen LogP contribution in [0.2, 0.25) is 10.0 Å². The molecule has 8 atom stereocenters. The summed E-state index contributed by atoms with van der Waals surface area (Å²) in [7, 11) is -1.68. The van der Waals surface area contributed by atoms with E-state index in [1.165, 1.54) is 37.3 Å². The van der Waals surface area contributed by atoms with E-state index in [0.717, 1.165) is 4.90 Å². The zero-order valence-electron chi connectivity index (χ0n) is 55.7. The molecule has 3 aromatic carbocycles. The van der Waals surface area contributed by atoms with Crippen LogP contribution in [0.4, 0.5) is 9.59 Å². The summed E-state index contributed by atoms with van der Waals surface area (Å²) in [4.78, 5) is 111. The second kappa shape index (κ2) is 36.4. The first-order valence-corrected chi connectivity index (χ1v) is 32.0. The molecule has 2 aliphatic heterocycles. The normalized spacial score (nSPS) is 21.4. The van der Waals surface area contributed by atoms with Crippen LogP contribution < -0.4 is 173 Å². The number of carbonyl (C=O) groups is 7. The molecule has 3 N–H and O–H groups in total. The second-order valence-electron chi connectivity index (χ2n) is 23.4. The number of aromatic amines is 1. The molecule has 0 bridgehead atoms. The van der Waals surface area contributed by atoms with Gasteiger partial charge >= 0.3 is 162 Å². The van der Waals surface area contributed by atoms with Crippen LogP contribution >= 0.6 is 39.1 Å². The maximum atomic E-state index is 13.6. The fraction of sp³-hybridized carbons (Fsp3) is 0.444. The molecule has 26 nitrogen and oxygen atoms in total. The van der Waals surface area contributed by atoms with Crippen LogP contribution in [0.3, 0.4) is 0 Å². The molecule has 0 unspecified atom stereocenters. The van der Waals surface area contributed by atoms with Crippen LogP contribution in [-0.2, 0) is 62.1 Å². The molecule has 4 aliphatic rings. The smallest absolute Gasteiger partial charge is 1.00 e. The molecule has 5 aromatic rings. The quantitative estimate of drug-likeness (QED) is 0.0215. The van der Waals surface area contributed by atoms with E-state index >= 15 is 0 Å². The Labute approximate surface area is 687 Å². The number of para-hydroxylation sites is 2. The number of benzene rings is 3. The molecule has 0 spiro atoms. The Bertz CT molecular complexity index is 3790. The number of methoxy groups -OCH3 is 2. The topological polar surface area (TPSA) is 336 Å². The standard InChI is InChI=1S/C28H34ClN3O7.C23H29BrN2O8S.C11H10ClNO2.CH2O3.2Cs.H/c1-7-16-14-28(16,25(34)36-6)31-24(33)20-12-17(15-32(20)26(35)39-27(3,4)5)38-21-13-22(37-8-2)30-23-18(21)10-9-11-19(23)29;1-6-14-12-23(14,20(28)32-5)25-19(27)18-11-16(13-26(18)21(29)33-22(2,3)4)34-35(30,31)17-9-7-15(24)8-10-17;1-2-15-10-6-9(14)7-4-3-5-8(12)11(7)13-10;2-1-4-3;;;/h7,9-11,13,16-17,20H,1,8,12,14-15H2,2-6H3,(H,31,33);6-10,14,16,18H,1,11-13H2,2-5H3,(H,25,27);3-6H,2H2,1H3,(H,13,14);1,3H;;;/q;;;;2*+1;-1/p-1/t16-,17-,20+,28-;14-,16+,18+,23-;;;;;/m11...../s1. The van der Waals surface area contributed by atoms with Crippen molar-refractivity contribution in [3.63, 3.8) is 0 Å². The number of fused-ring (bicyclic) bond motifs is 2. The van der Waals surface area contributed by atoms with Gasteiger partial charge in [0.05, 0.1) is 72.6 Å². The number of esters is 2. The molecule has 95 heavy (non-hydrogen) atoms. The number of carbonyl (C=O) groups excluding carboxylic acids is 7. The van der Waals surface area contributed by atoms with Gasteiger partial charge < -0.3 is 60.3 Å². The molecule has 32 heteroatoms. The Hall–Kier alpha value is -3.92. The molecular weight excluding hydrogens is 1610 g/mol. The van der Waals surface area contributed by atoms with Crippen molar-refractivity contribution in [2.24, 2.45) is 11.8 Å². The summed E-state index contributed by atoms with van der Waals surface area (Å²) >= 11 is 15.6. The fourth-order valence-corrected chi connectivity index (χ4v) is 12.0. The van der Waals surface area contributed by atoms with E-state index in [-0.39, 0.29) is 194 Å². The first kappa shape index (κ1) is 83.5. The third-order valence-corrected chi connectivity index (χ3v) is 17.1. The summed E-state index contributed by atoms with van der Waals surface area (Å²) in [6.07, 6.45) is 0.859. The SMILES string of the molecule is C=C[C@@H]1C[C@]1(NC(=O)[C@@H]1C[C@@H](Oc2cc(OCC)nc3c(Cl)cccc23)CN1C(=O)OC(C)(C)C)C(=O)OC.C=C[C@@H]1C[C@]1(NC(=O)[C@@H]1C[C@H](OS(=O)(=O)c2ccc(Br)cc2)CN1C(=O)OC(C)(C)C)C(=O)OC.CCOc1cc(=O)c2cccc(Cl)c2[nH]1.O=CO[O-].[Cs+].[Cs+].[H-]. The third-order valence-electron chi connectivity index (χ3n) is 14.6. The Morgan fingerprint density at radius 3 is 1.68 bits per heavy atom. The zero-order valence-corrected chi connectivity index (χ0v) is 71.2. The number of hydrogen-bond donors (Lipinski definition) is 3. The van der Waals surface area contributed by atoms with Gasteiger partial charge in [0.2, 0.25) is 17.7 Å². The van der Waals surface area contributed by atoms with Gasteiger partial charge in [0, 0.05) is 52.1 Å². The van der Waals surface area contributed by atoms with Crippen LogP contribution in [0.5, 0.6) is 17.5 Å². The van der Waals surface area contributed by atoms with Gasteiger partial charge in [-0.15, -0.1) is 13.2 Å². The number of halogens is 3. The van der Waals surface area contributed by atoms with Crippen molar-refractivity contribution >= 4 is 113 Å². The van der Waals surface area contributed by atoms with Crippen LogP contribution in [0, 0.1) is 11.8 Å². The van der Waals surface area contributed by atoms with Gasteiger partial charge in [-0.1, -0.05) is 63.4 Å². The second-order valence-corrected chi connectivity index (χ2v) is 26.7. The minimum absolute atomic E-state index is 0. The number of H-pyrrole nitrogens is 1. The fourth-order valence-electron chi connectivity index (χ4n) is 10.2. The zero-order chi connectivity index (χ0) is 69.0. The first-order valence-electron chi connectivity index (χ1n) is 29.1. The van der Waals surface area contributed by atoms with Crippen molar-refractivity contribution in [3.05, 3.63) is 123 Å². The van der Waals surface area contributed by atoms with Gasteiger partial charge in [-0.3, -0.25) is 33.2 Å². The Morgan fingerprint density at radius 1 is 0.758 bits per heavy atom. The molecule has 0 radical (unpaired) electrons. The largest absolute Gasteiger partial charge is 1.00 e. The molecule has 2 aromatic heterocycles. The van der Waals surface area contributed by atoms with Crippen molar-refractivity contribution in [1.82, 2.24) is 30.4 Å². The Kier molecular flexibility index (Phi) is 32.0. The summed E-state index contributed by atoms with van der Waals surface area (Å²) < 4.78 is 69.7. The van der Waals surface area contributed by atoms with Crippen molar-refractivity contribution in [3.8, 4) is 17.5 Å². The van der Waals surface area contributed by atoms with Crippen molar-refractivity contribution in [2.45, 2.75) is 133 Å². The molecule has 506 valence electrons. The van der Waals surface area contributed by atoms with E-state index in [4.69, 9.17) is 70.6 Å². The number of pyridine rings is 2. The van der Waals surface area contributed by atoms with Gasteiger partial charge in [0.1, 0.15) is 46.2 Å². The minimum Gasteiger partial charge on any atom is -1.00 e. The number of nitrogens with zero attached hydrogens (tertiary/aromatic N) is 3. The maximum Gasteiger partial charge on any atom is 1.00 e. The Balaban J connectivity index is 0.000000386. The summed E-state index contributed by atoms with van der Waals surface area (Å²) in [5.41, 5.74) is -3.05. The summed E-state index contributed by atoms with van der Waals surface area (Å²) in [6.45, 7) is 22.0. The molecule has 2 saturated carbocycles. The number of nitrogens with one attached hydrogen (secondary N) is 3. The molecular formula is C63H75BrCl2Cs2N6O20S. The number of hydrogen-bond acceptors (Lipinski definition) is 21. The molecule has 4 amide bonds. The summed E-state index contributed by atoms with van der Waals surface area (Å²) in [5.74, 6) is -1.65. The average Bonchev–Trinajstić information content (AvgIpc) is 1.58. The third kappa shape index (κ3) is 22.0. The van der Waals surface area contributed by atoms with Gasteiger partial charge in [-0.2, -0.15) is 8.42 Å². The van der Waals surface area contributed by atoms with Crippen LogP contribution in [0.15, 0.2) is 112 Å². The maximum absolute atomic E-state index is 13.6. The van der Waals surface area contributed by atoms with Crippen LogP contribution in [0.1, 0.15) is 82.5 Å². The number of likely N-dealkylation sites (tertiary alicyclic amines) is 2. The molecule has 2 saturated heterocycles. The van der Waals surface area contributed by atoms with Crippen molar-refractivity contribution in [2.75, 3.05) is 40.5 Å². The van der Waals surface area contributed by atoms with Gasteiger partial charge in [0.25, 0.3) is 16.6 Å². The van der Waals surface area contributed by atoms with E-state index in [1.807, 2.05) is 19.9 Å². The average molecular weight is 1690 g/mol. The Morgan fingerprint density at radius 2 is 1.23 bits per heavy atom. The molecule has 9 rings (SSSR count). The molecule has 4 heterocycles. The van der Waals surface area contributed by atoms with Crippen molar-refractivity contribution < 1.29 is 229 Å². The van der Waals surface area contributed by atoms with E-state index in [0.29, 0.717) is 79.9 Å².